The first kappa shape index (κ1) is 15.5. The van der Waals surface area contributed by atoms with Gasteiger partial charge in [-0.1, -0.05) is 49.4 Å². The minimum atomic E-state index is 0.199. The first-order valence-corrected chi connectivity index (χ1v) is 7.42. The van der Waals surface area contributed by atoms with Gasteiger partial charge in [0.15, 0.2) is 0 Å². The second kappa shape index (κ2) is 7.81. The summed E-state index contributed by atoms with van der Waals surface area (Å²) in [4.78, 5) is 0. The molecule has 0 aromatic heterocycles. The van der Waals surface area contributed by atoms with Crippen LogP contribution in [0.2, 0.25) is 0 Å². The van der Waals surface area contributed by atoms with Crippen molar-refractivity contribution >= 4 is 0 Å². The summed E-state index contributed by atoms with van der Waals surface area (Å²) in [5.74, 6) is 7.10. The van der Waals surface area contributed by atoms with Gasteiger partial charge >= 0.3 is 0 Å². The molecule has 0 amide bonds. The van der Waals surface area contributed by atoms with E-state index in [-0.39, 0.29) is 6.04 Å². The molecule has 0 heterocycles. The summed E-state index contributed by atoms with van der Waals surface area (Å²) in [6.07, 6.45) is 1.92. The van der Waals surface area contributed by atoms with Crippen molar-refractivity contribution in [2.75, 3.05) is 7.11 Å². The van der Waals surface area contributed by atoms with Crippen molar-refractivity contribution in [1.82, 2.24) is 5.43 Å². The van der Waals surface area contributed by atoms with Crippen molar-refractivity contribution < 1.29 is 4.74 Å². The van der Waals surface area contributed by atoms with Gasteiger partial charge in [-0.3, -0.25) is 11.3 Å². The van der Waals surface area contributed by atoms with Gasteiger partial charge in [0.05, 0.1) is 7.11 Å². The number of methoxy groups -OCH3 is 1. The molecule has 112 valence electrons. The quantitative estimate of drug-likeness (QED) is 0.606. The number of hydrogen-bond acceptors (Lipinski definition) is 3. The van der Waals surface area contributed by atoms with Gasteiger partial charge in [-0.05, 0) is 36.1 Å². The Balaban J connectivity index is 2.17. The molecular formula is C18H24N2O. The molecule has 0 aliphatic rings. The highest BCUT2D eigenvalue weighted by Gasteiger charge is 2.21. The summed E-state index contributed by atoms with van der Waals surface area (Å²) < 4.78 is 5.29. The maximum absolute atomic E-state index is 5.82. The fraction of sp³-hybridized carbons (Fsp3) is 0.333. The monoisotopic (exact) mass is 284 g/mol. The maximum atomic E-state index is 5.82. The molecule has 0 saturated carbocycles. The van der Waals surface area contributed by atoms with Gasteiger partial charge in [-0.2, -0.15) is 0 Å². The van der Waals surface area contributed by atoms with Gasteiger partial charge < -0.3 is 4.74 Å². The van der Waals surface area contributed by atoms with Crippen LogP contribution in [-0.4, -0.2) is 13.2 Å². The van der Waals surface area contributed by atoms with Crippen LogP contribution in [0.4, 0.5) is 0 Å². The predicted octanol–water partition coefficient (Wildman–Crippen LogP) is 3.26. The van der Waals surface area contributed by atoms with Crippen LogP contribution < -0.4 is 16.0 Å². The molecule has 2 atom stereocenters. The van der Waals surface area contributed by atoms with E-state index in [1.807, 2.05) is 18.2 Å². The van der Waals surface area contributed by atoms with Crippen LogP contribution in [0.1, 0.15) is 30.4 Å². The second-order valence-electron chi connectivity index (χ2n) is 5.25. The van der Waals surface area contributed by atoms with E-state index in [1.54, 1.807) is 7.11 Å². The Morgan fingerprint density at radius 3 is 2.48 bits per heavy atom. The number of rotatable bonds is 7. The third-order valence-corrected chi connectivity index (χ3v) is 3.96. The fourth-order valence-electron chi connectivity index (χ4n) is 2.82. The molecular weight excluding hydrogens is 260 g/mol. The number of ether oxygens (including phenoxy) is 1. The van der Waals surface area contributed by atoms with E-state index >= 15 is 0 Å². The van der Waals surface area contributed by atoms with Crippen molar-refractivity contribution in [3.05, 3.63) is 65.7 Å². The Labute approximate surface area is 127 Å². The highest BCUT2D eigenvalue weighted by atomic mass is 16.5. The topological polar surface area (TPSA) is 47.3 Å². The maximum Gasteiger partial charge on any atom is 0.119 e. The lowest BCUT2D eigenvalue weighted by Gasteiger charge is -2.26. The number of nitrogens with two attached hydrogens (primary N) is 1. The minimum absolute atomic E-state index is 0.199. The van der Waals surface area contributed by atoms with Gasteiger partial charge in [-0.25, -0.2) is 0 Å². The Morgan fingerprint density at radius 1 is 1.10 bits per heavy atom. The summed E-state index contributed by atoms with van der Waals surface area (Å²) >= 11 is 0. The SMILES string of the molecule is CCC(c1ccccc1)C(Cc1cccc(OC)c1)NN. The Kier molecular flexibility index (Phi) is 5.78. The third-order valence-electron chi connectivity index (χ3n) is 3.96. The van der Waals surface area contributed by atoms with Crippen molar-refractivity contribution in [1.29, 1.82) is 0 Å². The normalized spacial score (nSPS) is 13.7. The van der Waals surface area contributed by atoms with Crippen LogP contribution in [0.5, 0.6) is 5.75 Å². The van der Waals surface area contributed by atoms with E-state index in [0.29, 0.717) is 5.92 Å². The smallest absolute Gasteiger partial charge is 0.119 e. The molecule has 2 rings (SSSR count). The molecule has 0 aliphatic carbocycles. The number of hydrazine groups is 1. The number of nitrogens with one attached hydrogen (secondary N) is 1. The van der Waals surface area contributed by atoms with Crippen LogP contribution >= 0.6 is 0 Å². The van der Waals surface area contributed by atoms with Crippen LogP contribution in [0, 0.1) is 0 Å². The molecule has 2 aromatic carbocycles. The zero-order chi connectivity index (χ0) is 15.1. The highest BCUT2D eigenvalue weighted by Crippen LogP contribution is 2.26. The van der Waals surface area contributed by atoms with Crippen molar-refractivity contribution in [3.8, 4) is 5.75 Å². The van der Waals surface area contributed by atoms with Crippen LogP contribution in [0.25, 0.3) is 0 Å². The minimum Gasteiger partial charge on any atom is -0.497 e. The molecule has 2 unspecified atom stereocenters. The molecule has 3 heteroatoms. The molecule has 3 nitrogen and oxygen atoms in total. The van der Waals surface area contributed by atoms with E-state index in [2.05, 4.69) is 48.7 Å². The molecule has 0 fully saturated rings. The summed E-state index contributed by atoms with van der Waals surface area (Å²) in [5.41, 5.74) is 5.55. The van der Waals surface area contributed by atoms with E-state index < -0.39 is 0 Å². The van der Waals surface area contributed by atoms with Gasteiger partial charge in [0, 0.05) is 12.0 Å². The van der Waals surface area contributed by atoms with Crippen LogP contribution in [0.15, 0.2) is 54.6 Å². The molecule has 3 N–H and O–H groups in total. The Hall–Kier alpha value is -1.84. The average molecular weight is 284 g/mol. The summed E-state index contributed by atoms with van der Waals surface area (Å²) in [7, 11) is 1.69. The lowest BCUT2D eigenvalue weighted by molar-refractivity contribution is 0.410. The third kappa shape index (κ3) is 4.06. The molecule has 0 radical (unpaired) electrons. The number of hydrogen-bond donors (Lipinski definition) is 2. The standard InChI is InChI=1S/C18H24N2O/c1-3-17(15-9-5-4-6-10-15)18(20-19)13-14-8-7-11-16(12-14)21-2/h4-12,17-18,20H,3,13,19H2,1-2H3. The molecule has 0 saturated heterocycles. The Morgan fingerprint density at radius 2 is 1.86 bits per heavy atom. The first-order valence-electron chi connectivity index (χ1n) is 7.42. The second-order valence-corrected chi connectivity index (χ2v) is 5.25. The van der Waals surface area contributed by atoms with E-state index in [1.165, 1.54) is 11.1 Å². The van der Waals surface area contributed by atoms with E-state index in [4.69, 9.17) is 10.6 Å². The Bertz CT molecular complexity index is 542. The summed E-state index contributed by atoms with van der Waals surface area (Å²) in [5, 5.41) is 0. The first-order chi connectivity index (χ1) is 10.3. The average Bonchev–Trinajstić information content (AvgIpc) is 2.55. The lowest BCUT2D eigenvalue weighted by Crippen LogP contribution is -2.41. The molecule has 0 spiro atoms. The lowest BCUT2D eigenvalue weighted by atomic mass is 9.86. The van der Waals surface area contributed by atoms with Gasteiger partial charge in [-0.15, -0.1) is 0 Å². The fourth-order valence-corrected chi connectivity index (χ4v) is 2.82. The van der Waals surface area contributed by atoms with Crippen molar-refractivity contribution in [3.63, 3.8) is 0 Å². The van der Waals surface area contributed by atoms with Crippen LogP contribution in [-0.2, 0) is 6.42 Å². The van der Waals surface area contributed by atoms with Gasteiger partial charge in [0.25, 0.3) is 0 Å². The largest absolute Gasteiger partial charge is 0.497 e. The highest BCUT2D eigenvalue weighted by molar-refractivity contribution is 5.30. The predicted molar refractivity (Wildman–Crippen MR) is 87.3 cm³/mol. The zero-order valence-corrected chi connectivity index (χ0v) is 12.8. The van der Waals surface area contributed by atoms with E-state index in [9.17, 15) is 0 Å². The molecule has 0 aliphatic heterocycles. The van der Waals surface area contributed by atoms with Crippen molar-refractivity contribution in [2.45, 2.75) is 31.7 Å². The number of benzene rings is 2. The summed E-state index contributed by atoms with van der Waals surface area (Å²) in [6.45, 7) is 2.20. The van der Waals surface area contributed by atoms with Gasteiger partial charge in [0.2, 0.25) is 0 Å². The molecule has 0 bridgehead atoms. The zero-order valence-electron chi connectivity index (χ0n) is 12.8. The van der Waals surface area contributed by atoms with E-state index in [0.717, 1.165) is 18.6 Å². The van der Waals surface area contributed by atoms with Crippen molar-refractivity contribution in [2.24, 2.45) is 5.84 Å². The summed E-state index contributed by atoms with van der Waals surface area (Å²) in [6, 6.07) is 18.9. The van der Waals surface area contributed by atoms with Gasteiger partial charge in [0.1, 0.15) is 5.75 Å². The van der Waals surface area contributed by atoms with Crippen LogP contribution in [0.3, 0.4) is 0 Å². The molecule has 2 aromatic rings. The molecule has 21 heavy (non-hydrogen) atoms.